The predicted octanol–water partition coefficient (Wildman–Crippen LogP) is 0.924. The molecule has 3 heteroatoms. The van der Waals surface area contributed by atoms with Gasteiger partial charge in [-0.1, -0.05) is 20.3 Å². The van der Waals surface area contributed by atoms with Gasteiger partial charge in [-0.25, -0.2) is 0 Å². The highest BCUT2D eigenvalue weighted by Gasteiger charge is 2.10. The molecule has 0 aliphatic heterocycles. The number of unbranched alkanes of at least 4 members (excludes halogenated alkanes) is 1. The fraction of sp³-hybridized carbons (Fsp3) is 0.875. The van der Waals surface area contributed by atoms with Gasteiger partial charge in [0.15, 0.2) is 0 Å². The van der Waals surface area contributed by atoms with Gasteiger partial charge in [0, 0.05) is 6.54 Å². The van der Waals surface area contributed by atoms with Crippen LogP contribution in [0.1, 0.15) is 26.7 Å². The quantitative estimate of drug-likeness (QED) is 0.479. The Labute approximate surface area is 67.9 Å². The summed E-state index contributed by atoms with van der Waals surface area (Å²) < 4.78 is 4.92. The normalized spacial score (nSPS) is 12.6. The fourth-order valence-electron chi connectivity index (χ4n) is 0.556. The summed E-state index contributed by atoms with van der Waals surface area (Å²) in [7, 11) is 0. The van der Waals surface area contributed by atoms with Crippen LogP contribution in [0.25, 0.3) is 0 Å². The molecule has 11 heavy (non-hydrogen) atoms. The minimum atomic E-state index is -0.180. The summed E-state index contributed by atoms with van der Waals surface area (Å²) in [6.07, 6.45) is 1.98. The molecular formula is C8H17NO2. The van der Waals surface area contributed by atoms with E-state index in [0.717, 1.165) is 12.8 Å². The molecule has 0 saturated heterocycles. The number of ether oxygens (including phenoxy) is 1. The molecule has 0 spiro atoms. The standard InChI is InChI=1S/C8H17NO2/c1-3-4-5-11-8(10)7(2)6-9/h7H,3-6,9H2,1-2H3. The first-order chi connectivity index (χ1) is 5.22. The molecule has 1 atom stereocenters. The molecule has 0 aromatic rings. The lowest BCUT2D eigenvalue weighted by Gasteiger charge is -2.07. The zero-order valence-electron chi connectivity index (χ0n) is 7.30. The molecule has 2 N–H and O–H groups in total. The molecule has 3 nitrogen and oxygen atoms in total. The number of carbonyl (C=O) groups excluding carboxylic acids is 1. The summed E-state index contributed by atoms with van der Waals surface area (Å²) >= 11 is 0. The van der Waals surface area contributed by atoms with Crippen molar-refractivity contribution in [1.29, 1.82) is 0 Å². The summed E-state index contributed by atoms with van der Waals surface area (Å²) in [5, 5.41) is 0. The number of nitrogens with two attached hydrogens (primary N) is 1. The third kappa shape index (κ3) is 4.79. The van der Waals surface area contributed by atoms with Crippen molar-refractivity contribution in [3.05, 3.63) is 0 Å². The highest BCUT2D eigenvalue weighted by Crippen LogP contribution is 1.97. The van der Waals surface area contributed by atoms with Crippen LogP contribution in [0.15, 0.2) is 0 Å². The molecule has 0 radical (unpaired) electrons. The first-order valence-corrected chi connectivity index (χ1v) is 4.09. The molecule has 0 bridgehead atoms. The molecule has 0 aliphatic rings. The molecule has 0 fully saturated rings. The maximum absolute atomic E-state index is 10.9. The third-order valence-electron chi connectivity index (χ3n) is 1.50. The Kier molecular flexibility index (Phi) is 5.84. The van der Waals surface area contributed by atoms with Gasteiger partial charge in [-0.05, 0) is 6.42 Å². The van der Waals surface area contributed by atoms with E-state index < -0.39 is 0 Å². The number of hydrogen-bond donors (Lipinski definition) is 1. The van der Waals surface area contributed by atoms with E-state index >= 15 is 0 Å². The van der Waals surface area contributed by atoms with Crippen LogP contribution in [0.4, 0.5) is 0 Å². The molecule has 1 unspecified atom stereocenters. The smallest absolute Gasteiger partial charge is 0.309 e. The molecule has 0 heterocycles. The van der Waals surface area contributed by atoms with Crippen LogP contribution in [0.2, 0.25) is 0 Å². The third-order valence-corrected chi connectivity index (χ3v) is 1.50. The van der Waals surface area contributed by atoms with Crippen molar-refractivity contribution in [2.75, 3.05) is 13.2 Å². The summed E-state index contributed by atoms with van der Waals surface area (Å²) in [4.78, 5) is 10.9. The number of carbonyl (C=O) groups is 1. The van der Waals surface area contributed by atoms with Gasteiger partial charge in [-0.15, -0.1) is 0 Å². The van der Waals surface area contributed by atoms with Crippen LogP contribution in [-0.2, 0) is 9.53 Å². The number of hydrogen-bond acceptors (Lipinski definition) is 3. The largest absolute Gasteiger partial charge is 0.465 e. The predicted molar refractivity (Wildman–Crippen MR) is 44.1 cm³/mol. The Balaban J connectivity index is 3.36. The maximum Gasteiger partial charge on any atom is 0.309 e. The van der Waals surface area contributed by atoms with Crippen molar-refractivity contribution >= 4 is 5.97 Å². The van der Waals surface area contributed by atoms with Crippen molar-refractivity contribution in [2.24, 2.45) is 11.7 Å². The second-order valence-electron chi connectivity index (χ2n) is 2.66. The zero-order valence-corrected chi connectivity index (χ0v) is 7.30. The van der Waals surface area contributed by atoms with Crippen LogP contribution in [0, 0.1) is 5.92 Å². The fourth-order valence-corrected chi connectivity index (χ4v) is 0.556. The Morgan fingerprint density at radius 2 is 2.27 bits per heavy atom. The van der Waals surface area contributed by atoms with Crippen molar-refractivity contribution < 1.29 is 9.53 Å². The lowest BCUT2D eigenvalue weighted by atomic mass is 10.2. The monoisotopic (exact) mass is 159 g/mol. The van der Waals surface area contributed by atoms with E-state index in [9.17, 15) is 4.79 Å². The lowest BCUT2D eigenvalue weighted by Crippen LogP contribution is -2.23. The van der Waals surface area contributed by atoms with E-state index in [1.165, 1.54) is 0 Å². The van der Waals surface area contributed by atoms with Crippen molar-refractivity contribution in [3.63, 3.8) is 0 Å². The van der Waals surface area contributed by atoms with E-state index in [0.29, 0.717) is 13.2 Å². The summed E-state index contributed by atoms with van der Waals surface area (Å²) in [6, 6.07) is 0. The van der Waals surface area contributed by atoms with Crippen LogP contribution in [-0.4, -0.2) is 19.1 Å². The van der Waals surface area contributed by atoms with Gasteiger partial charge < -0.3 is 10.5 Å². The Morgan fingerprint density at radius 3 is 2.73 bits per heavy atom. The Hall–Kier alpha value is -0.570. The average molecular weight is 159 g/mol. The summed E-state index contributed by atoms with van der Waals surface area (Å²) in [6.45, 7) is 4.72. The minimum absolute atomic E-state index is 0.160. The highest BCUT2D eigenvalue weighted by molar-refractivity contribution is 5.72. The van der Waals surface area contributed by atoms with Crippen LogP contribution in [0.3, 0.4) is 0 Å². The summed E-state index contributed by atoms with van der Waals surface area (Å²) in [5.74, 6) is -0.340. The molecule has 66 valence electrons. The molecular weight excluding hydrogens is 142 g/mol. The van der Waals surface area contributed by atoms with Gasteiger partial charge in [0.05, 0.1) is 12.5 Å². The molecule has 0 rings (SSSR count). The second kappa shape index (κ2) is 6.16. The second-order valence-corrected chi connectivity index (χ2v) is 2.66. The van der Waals surface area contributed by atoms with E-state index in [2.05, 4.69) is 6.92 Å². The topological polar surface area (TPSA) is 52.3 Å². The van der Waals surface area contributed by atoms with E-state index in [1.807, 2.05) is 0 Å². The van der Waals surface area contributed by atoms with Gasteiger partial charge >= 0.3 is 5.97 Å². The van der Waals surface area contributed by atoms with Gasteiger partial charge in [-0.3, -0.25) is 4.79 Å². The van der Waals surface area contributed by atoms with Crippen LogP contribution >= 0.6 is 0 Å². The van der Waals surface area contributed by atoms with Crippen molar-refractivity contribution in [1.82, 2.24) is 0 Å². The molecule has 0 amide bonds. The van der Waals surface area contributed by atoms with Crippen LogP contribution in [0.5, 0.6) is 0 Å². The van der Waals surface area contributed by atoms with Crippen molar-refractivity contribution in [3.8, 4) is 0 Å². The Morgan fingerprint density at radius 1 is 1.64 bits per heavy atom. The van der Waals surface area contributed by atoms with Gasteiger partial charge in [0.25, 0.3) is 0 Å². The highest BCUT2D eigenvalue weighted by atomic mass is 16.5. The average Bonchev–Trinajstić information content (AvgIpc) is 2.03. The summed E-state index contributed by atoms with van der Waals surface area (Å²) in [5.41, 5.74) is 5.28. The van der Waals surface area contributed by atoms with Gasteiger partial charge in [0.1, 0.15) is 0 Å². The number of esters is 1. The maximum atomic E-state index is 10.9. The molecule has 0 aromatic heterocycles. The number of rotatable bonds is 5. The van der Waals surface area contributed by atoms with Crippen LogP contribution < -0.4 is 5.73 Å². The van der Waals surface area contributed by atoms with E-state index in [4.69, 9.17) is 10.5 Å². The molecule has 0 aliphatic carbocycles. The van der Waals surface area contributed by atoms with Crippen molar-refractivity contribution in [2.45, 2.75) is 26.7 Å². The first kappa shape index (κ1) is 10.4. The lowest BCUT2D eigenvalue weighted by molar-refractivity contribution is -0.147. The van der Waals surface area contributed by atoms with E-state index in [1.54, 1.807) is 6.92 Å². The molecule has 0 saturated carbocycles. The van der Waals surface area contributed by atoms with E-state index in [-0.39, 0.29) is 11.9 Å². The molecule has 0 aromatic carbocycles. The first-order valence-electron chi connectivity index (χ1n) is 4.09. The van der Waals surface area contributed by atoms with Gasteiger partial charge in [0.2, 0.25) is 0 Å². The Bertz CT molecular complexity index is 115. The SMILES string of the molecule is CCCCOC(=O)C(C)CN. The zero-order chi connectivity index (χ0) is 8.69. The van der Waals surface area contributed by atoms with Gasteiger partial charge in [-0.2, -0.15) is 0 Å². The minimum Gasteiger partial charge on any atom is -0.465 e.